The van der Waals surface area contributed by atoms with Gasteiger partial charge in [-0.05, 0) is 79.6 Å². The molecule has 1 amide bonds. The lowest BCUT2D eigenvalue weighted by atomic mass is 9.90. The van der Waals surface area contributed by atoms with E-state index >= 15 is 0 Å². The van der Waals surface area contributed by atoms with Crippen LogP contribution in [0.4, 0.5) is 4.39 Å². The summed E-state index contributed by atoms with van der Waals surface area (Å²) in [5.74, 6) is 0.817. The van der Waals surface area contributed by atoms with Crippen LogP contribution in [0.5, 0.6) is 17.2 Å². The van der Waals surface area contributed by atoms with Gasteiger partial charge in [-0.3, -0.25) is 9.69 Å². The fourth-order valence-corrected chi connectivity index (χ4v) is 5.43. The zero-order valence-electron chi connectivity index (χ0n) is 23.6. The molecule has 2 heterocycles. The number of hydrogen-bond acceptors (Lipinski definition) is 7. The van der Waals surface area contributed by atoms with Gasteiger partial charge in [0.05, 0.1) is 24.8 Å². The Bertz CT molecular complexity index is 1410. The maximum atomic E-state index is 13.5. The van der Waals surface area contributed by atoms with Gasteiger partial charge in [0.2, 0.25) is 0 Å². The molecule has 2 fully saturated rings. The van der Waals surface area contributed by atoms with Crippen LogP contribution >= 0.6 is 0 Å². The lowest BCUT2D eigenvalue weighted by Gasteiger charge is -2.32. The van der Waals surface area contributed by atoms with Gasteiger partial charge in [0.15, 0.2) is 6.61 Å². The number of phenols is 1. The van der Waals surface area contributed by atoms with Crippen molar-refractivity contribution in [3.8, 4) is 34.4 Å². The van der Waals surface area contributed by atoms with Gasteiger partial charge in [0.1, 0.15) is 29.8 Å². The van der Waals surface area contributed by atoms with Gasteiger partial charge < -0.3 is 24.2 Å². The quantitative estimate of drug-likeness (QED) is 0.365. The second kappa shape index (κ2) is 14.2. The molecule has 0 unspecified atom stereocenters. The van der Waals surface area contributed by atoms with Crippen LogP contribution in [0.2, 0.25) is 0 Å². The predicted molar refractivity (Wildman–Crippen MR) is 156 cm³/mol. The molecule has 0 atom stereocenters. The van der Waals surface area contributed by atoms with E-state index in [9.17, 15) is 19.6 Å². The average Bonchev–Trinajstić information content (AvgIpc) is 3.02. The summed E-state index contributed by atoms with van der Waals surface area (Å²) in [6, 6.07) is 18.8. The molecule has 5 rings (SSSR count). The summed E-state index contributed by atoms with van der Waals surface area (Å²) in [4.78, 5) is 17.1. The van der Waals surface area contributed by atoms with Gasteiger partial charge in [-0.2, -0.15) is 5.26 Å². The average molecular weight is 574 g/mol. The minimum Gasteiger partial charge on any atom is -0.507 e. The predicted octanol–water partition coefficient (Wildman–Crippen LogP) is 4.99. The second-order valence-corrected chi connectivity index (χ2v) is 10.8. The van der Waals surface area contributed by atoms with Crippen LogP contribution in [0.3, 0.4) is 0 Å². The number of benzene rings is 3. The van der Waals surface area contributed by atoms with Crippen molar-refractivity contribution in [3.63, 3.8) is 0 Å². The molecule has 0 bridgehead atoms. The number of piperidine rings is 1. The third-order valence-corrected chi connectivity index (χ3v) is 7.93. The number of nitriles is 1. The number of aryl methyl sites for hydroxylation is 1. The molecular weight excluding hydrogens is 537 g/mol. The molecular formula is C33H36FN3O5. The van der Waals surface area contributed by atoms with Crippen molar-refractivity contribution in [2.45, 2.75) is 25.7 Å². The Labute approximate surface area is 245 Å². The minimum absolute atomic E-state index is 0.114. The summed E-state index contributed by atoms with van der Waals surface area (Å²) >= 11 is 0. The van der Waals surface area contributed by atoms with Crippen molar-refractivity contribution >= 4 is 5.91 Å². The zero-order chi connectivity index (χ0) is 29.3. The molecule has 0 spiro atoms. The molecule has 42 heavy (non-hydrogen) atoms. The van der Waals surface area contributed by atoms with E-state index in [0.29, 0.717) is 48.2 Å². The second-order valence-electron chi connectivity index (χ2n) is 10.8. The third kappa shape index (κ3) is 7.78. The monoisotopic (exact) mass is 573 g/mol. The highest BCUT2D eigenvalue weighted by Crippen LogP contribution is 2.37. The van der Waals surface area contributed by atoms with Gasteiger partial charge >= 0.3 is 0 Å². The molecule has 9 heteroatoms. The normalized spacial score (nSPS) is 16.1. The lowest BCUT2D eigenvalue weighted by molar-refractivity contribution is -0.134. The van der Waals surface area contributed by atoms with Gasteiger partial charge in [-0.1, -0.05) is 12.1 Å². The summed E-state index contributed by atoms with van der Waals surface area (Å²) in [5, 5.41) is 19.6. The fourth-order valence-electron chi connectivity index (χ4n) is 5.43. The van der Waals surface area contributed by atoms with E-state index in [0.717, 1.165) is 63.8 Å². The Kier molecular flexibility index (Phi) is 9.90. The number of nitrogens with zero attached hydrogens (tertiary/aromatic N) is 3. The van der Waals surface area contributed by atoms with E-state index in [4.69, 9.17) is 14.2 Å². The van der Waals surface area contributed by atoms with Crippen LogP contribution < -0.4 is 9.47 Å². The van der Waals surface area contributed by atoms with Gasteiger partial charge in [-0.25, -0.2) is 4.39 Å². The Morgan fingerprint density at radius 3 is 2.57 bits per heavy atom. The third-order valence-electron chi connectivity index (χ3n) is 7.93. The number of ether oxygens (including phenoxy) is 3. The number of phenolic OH excluding ortho intramolecular Hbond substituents is 1. The SMILES string of the molecule is N#Cc1ccc(OCC(=O)N2CCC(CCc3cccc(OCN4CCOCC4)c3)CC2)c(-c2ccc(F)cc2O)c1. The summed E-state index contributed by atoms with van der Waals surface area (Å²) in [5.41, 5.74) is 2.37. The molecule has 220 valence electrons. The van der Waals surface area contributed by atoms with Crippen molar-refractivity contribution in [2.75, 3.05) is 52.7 Å². The van der Waals surface area contributed by atoms with Gasteiger partial charge in [0, 0.05) is 43.4 Å². The topological polar surface area (TPSA) is 95.3 Å². The van der Waals surface area contributed by atoms with Gasteiger partial charge in [0.25, 0.3) is 5.91 Å². The van der Waals surface area contributed by atoms with Crippen molar-refractivity contribution < 1.29 is 28.5 Å². The summed E-state index contributed by atoms with van der Waals surface area (Å²) in [6.07, 6.45) is 3.89. The molecule has 0 aromatic heterocycles. The number of morpholine rings is 1. The van der Waals surface area contributed by atoms with Crippen LogP contribution in [0.25, 0.3) is 11.1 Å². The molecule has 3 aromatic carbocycles. The van der Waals surface area contributed by atoms with E-state index in [1.165, 1.54) is 17.7 Å². The van der Waals surface area contributed by atoms with Crippen LogP contribution in [-0.2, 0) is 16.0 Å². The van der Waals surface area contributed by atoms with E-state index in [-0.39, 0.29) is 18.3 Å². The van der Waals surface area contributed by atoms with Crippen molar-refractivity contribution in [1.82, 2.24) is 9.80 Å². The molecule has 0 saturated carbocycles. The largest absolute Gasteiger partial charge is 0.507 e. The first-order valence-corrected chi connectivity index (χ1v) is 14.4. The van der Waals surface area contributed by atoms with E-state index in [2.05, 4.69) is 23.1 Å². The Balaban J connectivity index is 1.09. The van der Waals surface area contributed by atoms with Crippen LogP contribution in [0.1, 0.15) is 30.4 Å². The first-order valence-electron chi connectivity index (χ1n) is 14.4. The van der Waals surface area contributed by atoms with E-state index in [1.54, 1.807) is 18.2 Å². The zero-order valence-corrected chi connectivity index (χ0v) is 23.6. The summed E-state index contributed by atoms with van der Waals surface area (Å²) in [6.45, 7) is 5.05. The van der Waals surface area contributed by atoms with Crippen molar-refractivity contribution in [1.29, 1.82) is 5.26 Å². The Hall–Kier alpha value is -4.13. The molecule has 2 saturated heterocycles. The number of likely N-dealkylation sites (tertiary alicyclic amines) is 1. The maximum Gasteiger partial charge on any atom is 0.260 e. The number of carbonyl (C=O) groups is 1. The van der Waals surface area contributed by atoms with Crippen LogP contribution in [0.15, 0.2) is 60.7 Å². The molecule has 2 aliphatic rings. The molecule has 3 aromatic rings. The number of carbonyl (C=O) groups excluding carboxylic acids is 1. The Morgan fingerprint density at radius 2 is 1.81 bits per heavy atom. The highest BCUT2D eigenvalue weighted by Gasteiger charge is 2.24. The smallest absolute Gasteiger partial charge is 0.260 e. The summed E-state index contributed by atoms with van der Waals surface area (Å²) in [7, 11) is 0. The maximum absolute atomic E-state index is 13.5. The molecule has 0 aliphatic carbocycles. The number of amides is 1. The number of halogens is 1. The van der Waals surface area contributed by atoms with Gasteiger partial charge in [-0.15, -0.1) is 0 Å². The van der Waals surface area contributed by atoms with E-state index in [1.807, 2.05) is 17.0 Å². The lowest BCUT2D eigenvalue weighted by Crippen LogP contribution is -2.41. The standard InChI is InChI=1S/C33H36FN3O5/c34-27-7-8-29(31(38)20-27)30-19-26(21-35)6-9-32(30)41-22-33(39)37-12-10-24(11-13-37)4-5-25-2-1-3-28(18-25)42-23-36-14-16-40-17-15-36/h1-3,6-9,18-20,24,38H,4-5,10-17,22-23H2. The van der Waals surface area contributed by atoms with Crippen molar-refractivity contribution in [2.24, 2.45) is 5.92 Å². The van der Waals surface area contributed by atoms with Crippen LogP contribution in [-0.4, -0.2) is 73.5 Å². The summed E-state index contributed by atoms with van der Waals surface area (Å²) < 4.78 is 30.8. The highest BCUT2D eigenvalue weighted by atomic mass is 19.1. The fraction of sp³-hybridized carbons (Fsp3) is 0.394. The molecule has 0 radical (unpaired) electrons. The Morgan fingerprint density at radius 1 is 1.00 bits per heavy atom. The number of rotatable bonds is 10. The minimum atomic E-state index is -0.573. The number of hydrogen-bond donors (Lipinski definition) is 1. The van der Waals surface area contributed by atoms with Crippen molar-refractivity contribution in [3.05, 3.63) is 77.6 Å². The first-order chi connectivity index (χ1) is 20.5. The molecule has 2 aliphatic heterocycles. The number of aromatic hydroxyl groups is 1. The highest BCUT2D eigenvalue weighted by molar-refractivity contribution is 5.80. The molecule has 1 N–H and O–H groups in total. The molecule has 8 nitrogen and oxygen atoms in total. The first kappa shape index (κ1) is 29.4. The van der Waals surface area contributed by atoms with E-state index < -0.39 is 5.82 Å². The van der Waals surface area contributed by atoms with Crippen LogP contribution in [0, 0.1) is 23.1 Å².